The van der Waals surface area contributed by atoms with Gasteiger partial charge in [0.05, 0.1) is 0 Å². The summed E-state index contributed by atoms with van der Waals surface area (Å²) in [5.74, 6) is 0.678. The topological polar surface area (TPSA) is 74.3 Å². The van der Waals surface area contributed by atoms with Gasteiger partial charge < -0.3 is 11.1 Å². The number of amidine groups is 2. The third-order valence-corrected chi connectivity index (χ3v) is 3.26. The van der Waals surface area contributed by atoms with Crippen molar-refractivity contribution >= 4 is 28.1 Å². The fourth-order valence-electron chi connectivity index (χ4n) is 2.46. The quantitative estimate of drug-likeness (QED) is 0.742. The van der Waals surface area contributed by atoms with Gasteiger partial charge in [0.2, 0.25) is 0 Å². The van der Waals surface area contributed by atoms with Gasteiger partial charge >= 0.3 is 0 Å². The first-order valence-electron chi connectivity index (χ1n) is 6.63. The van der Waals surface area contributed by atoms with Gasteiger partial charge in [-0.15, -0.1) is 0 Å². The zero-order chi connectivity index (χ0) is 14.5. The van der Waals surface area contributed by atoms with Crippen molar-refractivity contribution in [1.82, 2.24) is 0 Å². The fraction of sp³-hybridized carbons (Fsp3) is 0.250. The molecule has 0 saturated heterocycles. The molecule has 0 unspecified atom stereocenters. The number of nitrogens with two attached hydrogens (primary N) is 1. The minimum atomic E-state index is 0.0185. The number of anilines is 1. The highest BCUT2D eigenvalue weighted by Gasteiger charge is 2.19. The highest BCUT2D eigenvalue weighted by molar-refractivity contribution is 6.22. The number of aliphatic imine (C=N–C) groups is 1. The fourth-order valence-corrected chi connectivity index (χ4v) is 2.46. The molecule has 1 aliphatic rings. The Labute approximate surface area is 118 Å². The van der Waals surface area contributed by atoms with Gasteiger partial charge in [-0.25, -0.2) is 4.99 Å². The van der Waals surface area contributed by atoms with Crippen LogP contribution in [0.25, 0.3) is 10.8 Å². The summed E-state index contributed by atoms with van der Waals surface area (Å²) in [6.07, 6.45) is 0. The molecule has 4 heteroatoms. The Morgan fingerprint density at radius 2 is 1.75 bits per heavy atom. The maximum Gasteiger partial charge on any atom is 0.154 e. The minimum Gasteiger partial charge on any atom is -0.383 e. The molecule has 1 heterocycles. The van der Waals surface area contributed by atoms with Crippen molar-refractivity contribution in [2.45, 2.75) is 26.3 Å². The third kappa shape index (κ3) is 2.13. The van der Waals surface area contributed by atoms with E-state index in [-0.39, 0.29) is 11.4 Å². The van der Waals surface area contributed by atoms with Crippen LogP contribution in [0.4, 0.5) is 5.69 Å². The molecule has 1 aliphatic heterocycles. The van der Waals surface area contributed by atoms with Gasteiger partial charge in [0.25, 0.3) is 0 Å². The summed E-state index contributed by atoms with van der Waals surface area (Å²) in [7, 11) is 0. The van der Waals surface area contributed by atoms with Crippen LogP contribution in [0.1, 0.15) is 31.9 Å². The Hall–Kier alpha value is -2.36. The van der Waals surface area contributed by atoms with Gasteiger partial charge in [-0.1, -0.05) is 6.07 Å². The molecule has 4 N–H and O–H groups in total. The van der Waals surface area contributed by atoms with E-state index < -0.39 is 0 Å². The van der Waals surface area contributed by atoms with Gasteiger partial charge in [0.1, 0.15) is 5.84 Å². The third-order valence-electron chi connectivity index (χ3n) is 3.26. The molecule has 3 rings (SSSR count). The molecular weight excluding hydrogens is 248 g/mol. The summed E-state index contributed by atoms with van der Waals surface area (Å²) in [6.45, 7) is 6.39. The molecule has 0 amide bonds. The normalized spacial score (nSPS) is 14.3. The van der Waals surface area contributed by atoms with Gasteiger partial charge in [-0.05, 0) is 55.8 Å². The van der Waals surface area contributed by atoms with Crippen LogP contribution in [0.3, 0.4) is 0 Å². The SMILES string of the molecule is CC(C)(C)Nc1ccc2cc3c(cc2c1)C(=N)N=C3N. The van der Waals surface area contributed by atoms with Crippen LogP contribution in [0.5, 0.6) is 0 Å². The largest absolute Gasteiger partial charge is 0.383 e. The van der Waals surface area contributed by atoms with Crippen molar-refractivity contribution in [1.29, 1.82) is 5.41 Å². The van der Waals surface area contributed by atoms with Crippen molar-refractivity contribution in [2.24, 2.45) is 10.7 Å². The second kappa shape index (κ2) is 4.07. The van der Waals surface area contributed by atoms with Crippen molar-refractivity contribution in [3.63, 3.8) is 0 Å². The molecule has 0 bridgehead atoms. The maximum atomic E-state index is 7.85. The van der Waals surface area contributed by atoms with Crippen LogP contribution >= 0.6 is 0 Å². The van der Waals surface area contributed by atoms with Gasteiger partial charge in [-0.3, -0.25) is 5.41 Å². The lowest BCUT2D eigenvalue weighted by Gasteiger charge is -2.22. The Kier molecular flexibility index (Phi) is 2.57. The standard InChI is InChI=1S/C16H18N4/c1-16(2,3)20-11-5-4-9-7-12-13(8-10(9)6-11)15(18)19-14(12)17/h4-8,20H,1-3H3,(H3,17,18,19). The van der Waals surface area contributed by atoms with Crippen LogP contribution in [0, 0.1) is 5.41 Å². The summed E-state index contributed by atoms with van der Waals surface area (Å²) in [5, 5.41) is 13.5. The lowest BCUT2D eigenvalue weighted by Crippen LogP contribution is -2.25. The van der Waals surface area contributed by atoms with Crippen LogP contribution in [0.2, 0.25) is 0 Å². The minimum absolute atomic E-state index is 0.0185. The Morgan fingerprint density at radius 3 is 2.45 bits per heavy atom. The molecule has 4 nitrogen and oxygen atoms in total. The smallest absolute Gasteiger partial charge is 0.154 e. The molecule has 0 aromatic heterocycles. The number of nitrogens with one attached hydrogen (secondary N) is 2. The number of rotatable bonds is 1. The lowest BCUT2D eigenvalue weighted by atomic mass is 10.0. The lowest BCUT2D eigenvalue weighted by molar-refractivity contribution is 0.634. The Morgan fingerprint density at radius 1 is 1.05 bits per heavy atom. The van der Waals surface area contributed by atoms with Gasteiger partial charge in [-0.2, -0.15) is 0 Å². The van der Waals surface area contributed by atoms with E-state index in [2.05, 4.69) is 49.3 Å². The summed E-state index contributed by atoms with van der Waals surface area (Å²) in [4.78, 5) is 4.02. The summed E-state index contributed by atoms with van der Waals surface area (Å²) in [6, 6.07) is 10.2. The van der Waals surface area contributed by atoms with Gasteiger partial charge in [0, 0.05) is 22.4 Å². The molecule has 0 radical (unpaired) electrons. The number of hydrogen-bond donors (Lipinski definition) is 3. The molecule has 102 valence electrons. The second-order valence-electron chi connectivity index (χ2n) is 6.18. The van der Waals surface area contributed by atoms with Crippen molar-refractivity contribution in [2.75, 3.05) is 5.32 Å². The first kappa shape index (κ1) is 12.7. The highest BCUT2D eigenvalue weighted by atomic mass is 15.0. The van der Waals surface area contributed by atoms with E-state index in [0.29, 0.717) is 5.84 Å². The molecule has 0 aliphatic carbocycles. The molecule has 0 atom stereocenters. The number of hydrogen-bond acceptors (Lipinski definition) is 3. The second-order valence-corrected chi connectivity index (χ2v) is 6.18. The van der Waals surface area contributed by atoms with Crippen LogP contribution < -0.4 is 11.1 Å². The van der Waals surface area contributed by atoms with Gasteiger partial charge in [0.15, 0.2) is 5.84 Å². The molecular formula is C16H18N4. The summed E-state index contributed by atoms with van der Waals surface area (Å²) >= 11 is 0. The van der Waals surface area contributed by atoms with E-state index >= 15 is 0 Å². The first-order valence-corrected chi connectivity index (χ1v) is 6.63. The van der Waals surface area contributed by atoms with Crippen molar-refractivity contribution in [3.05, 3.63) is 41.5 Å². The number of benzene rings is 2. The Bertz CT molecular complexity index is 751. The van der Waals surface area contributed by atoms with E-state index in [1.165, 1.54) is 0 Å². The zero-order valence-electron chi connectivity index (χ0n) is 11.9. The molecule has 0 fully saturated rings. The number of fused-ring (bicyclic) bond motifs is 2. The van der Waals surface area contributed by atoms with E-state index in [0.717, 1.165) is 27.6 Å². The van der Waals surface area contributed by atoms with Crippen LogP contribution in [-0.4, -0.2) is 17.2 Å². The molecule has 2 aromatic rings. The van der Waals surface area contributed by atoms with E-state index in [4.69, 9.17) is 11.1 Å². The molecule has 0 spiro atoms. The van der Waals surface area contributed by atoms with E-state index in [1.807, 2.05) is 12.1 Å². The summed E-state index contributed by atoms with van der Waals surface area (Å²) in [5.41, 5.74) is 8.60. The zero-order valence-corrected chi connectivity index (χ0v) is 11.9. The maximum absolute atomic E-state index is 7.85. The Balaban J connectivity index is 2.11. The summed E-state index contributed by atoms with van der Waals surface area (Å²) < 4.78 is 0. The predicted octanol–water partition coefficient (Wildman–Crippen LogP) is 3.09. The van der Waals surface area contributed by atoms with Crippen molar-refractivity contribution < 1.29 is 0 Å². The predicted molar refractivity (Wildman–Crippen MR) is 84.9 cm³/mol. The first-order chi connectivity index (χ1) is 9.33. The molecule has 20 heavy (non-hydrogen) atoms. The highest BCUT2D eigenvalue weighted by Crippen LogP contribution is 2.27. The van der Waals surface area contributed by atoms with E-state index in [1.54, 1.807) is 0 Å². The van der Waals surface area contributed by atoms with E-state index in [9.17, 15) is 0 Å². The van der Waals surface area contributed by atoms with Crippen molar-refractivity contribution in [3.8, 4) is 0 Å². The average Bonchev–Trinajstić information content (AvgIpc) is 2.60. The molecule has 2 aromatic carbocycles. The average molecular weight is 266 g/mol. The monoisotopic (exact) mass is 266 g/mol. The number of nitrogens with zero attached hydrogens (tertiary/aromatic N) is 1. The van der Waals surface area contributed by atoms with Crippen LogP contribution in [0.15, 0.2) is 35.3 Å². The molecule has 0 saturated carbocycles. The van der Waals surface area contributed by atoms with Crippen LogP contribution in [-0.2, 0) is 0 Å².